The van der Waals surface area contributed by atoms with Crippen LogP contribution in [-0.4, -0.2) is 24.4 Å². The highest BCUT2D eigenvalue weighted by atomic mass is 35.5. The van der Waals surface area contributed by atoms with Crippen LogP contribution in [0.5, 0.6) is 0 Å². The number of aromatic nitrogens is 5. The van der Waals surface area contributed by atoms with Crippen molar-refractivity contribution in [2.45, 2.75) is 0 Å². The van der Waals surface area contributed by atoms with E-state index >= 15 is 0 Å². The largest absolute Gasteiger partial charge is 0.275 e. The first-order valence-corrected chi connectivity index (χ1v) is 5.59. The van der Waals surface area contributed by atoms with Crippen molar-refractivity contribution in [1.29, 1.82) is 0 Å². The van der Waals surface area contributed by atoms with Gasteiger partial charge in [0.15, 0.2) is 5.15 Å². The molecule has 0 aliphatic rings. The van der Waals surface area contributed by atoms with Crippen LogP contribution in [0.15, 0.2) is 24.7 Å². The molecule has 17 heavy (non-hydrogen) atoms. The molecule has 3 aromatic heterocycles. The summed E-state index contributed by atoms with van der Waals surface area (Å²) in [5.41, 5.74) is 2.68. The topological polar surface area (TPSA) is 48.0 Å². The molecule has 0 unspecified atom stereocenters. The summed E-state index contributed by atoms with van der Waals surface area (Å²) in [6, 6.07) is 1.90. The van der Waals surface area contributed by atoms with Crippen LogP contribution in [0.4, 0.5) is 0 Å². The maximum atomic E-state index is 5.99. The van der Waals surface area contributed by atoms with E-state index in [-0.39, 0.29) is 5.28 Å². The van der Waals surface area contributed by atoms with E-state index in [1.54, 1.807) is 15.4 Å². The van der Waals surface area contributed by atoms with E-state index in [2.05, 4.69) is 15.2 Å². The van der Waals surface area contributed by atoms with Crippen molar-refractivity contribution in [2.24, 2.45) is 7.05 Å². The third-order valence-electron chi connectivity index (χ3n) is 2.43. The average Bonchev–Trinajstić information content (AvgIpc) is 2.83. The maximum Gasteiger partial charge on any atom is 0.242 e. The summed E-state index contributed by atoms with van der Waals surface area (Å²) in [4.78, 5) is 3.89. The van der Waals surface area contributed by atoms with E-state index in [0.29, 0.717) is 5.15 Å². The molecule has 3 rings (SSSR count). The van der Waals surface area contributed by atoms with Crippen LogP contribution in [-0.2, 0) is 7.05 Å². The third kappa shape index (κ3) is 1.77. The molecule has 0 amide bonds. The highest BCUT2D eigenvalue weighted by molar-refractivity contribution is 6.34. The molecule has 0 bridgehead atoms. The van der Waals surface area contributed by atoms with Crippen molar-refractivity contribution in [3.8, 4) is 11.1 Å². The first kappa shape index (κ1) is 10.6. The summed E-state index contributed by atoms with van der Waals surface area (Å²) in [7, 11) is 1.86. The quantitative estimate of drug-likeness (QED) is 0.681. The number of aryl methyl sites for hydroxylation is 1. The molecule has 0 aliphatic carbocycles. The SMILES string of the molecule is Cn1cc(-c2cc3c(Cl)nc(Cl)nn3c2)cn1. The van der Waals surface area contributed by atoms with Gasteiger partial charge in [-0.1, -0.05) is 11.6 Å². The van der Waals surface area contributed by atoms with Crippen LogP contribution in [0, 0.1) is 0 Å². The van der Waals surface area contributed by atoms with Gasteiger partial charge < -0.3 is 0 Å². The first-order chi connectivity index (χ1) is 8.13. The second-order valence-corrected chi connectivity index (χ2v) is 4.33. The Kier molecular flexibility index (Phi) is 2.31. The highest BCUT2D eigenvalue weighted by Gasteiger charge is 2.09. The number of fused-ring (bicyclic) bond motifs is 1. The van der Waals surface area contributed by atoms with Gasteiger partial charge in [0.05, 0.1) is 6.20 Å². The zero-order valence-electron chi connectivity index (χ0n) is 8.80. The fourth-order valence-electron chi connectivity index (χ4n) is 1.67. The predicted octanol–water partition coefficient (Wildman–Crippen LogP) is 2.44. The van der Waals surface area contributed by atoms with E-state index in [1.807, 2.05) is 25.5 Å². The van der Waals surface area contributed by atoms with Gasteiger partial charge in [-0.25, -0.2) is 9.50 Å². The van der Waals surface area contributed by atoms with Crippen LogP contribution in [0.2, 0.25) is 10.4 Å². The van der Waals surface area contributed by atoms with Gasteiger partial charge in [-0.15, -0.1) is 5.10 Å². The lowest BCUT2D eigenvalue weighted by Crippen LogP contribution is -1.93. The second-order valence-electron chi connectivity index (χ2n) is 3.63. The second kappa shape index (κ2) is 3.72. The van der Waals surface area contributed by atoms with Crippen LogP contribution in [0.25, 0.3) is 16.6 Å². The summed E-state index contributed by atoms with van der Waals surface area (Å²) in [6.07, 6.45) is 5.53. The van der Waals surface area contributed by atoms with E-state index in [0.717, 1.165) is 16.6 Å². The first-order valence-electron chi connectivity index (χ1n) is 4.84. The monoisotopic (exact) mass is 267 g/mol. The molecule has 0 radical (unpaired) electrons. The molecule has 3 heterocycles. The Morgan fingerprint density at radius 2 is 2.00 bits per heavy atom. The number of hydrogen-bond acceptors (Lipinski definition) is 3. The molecule has 0 saturated heterocycles. The zero-order valence-corrected chi connectivity index (χ0v) is 10.3. The molecule has 0 atom stereocenters. The summed E-state index contributed by atoms with van der Waals surface area (Å²) < 4.78 is 3.35. The van der Waals surface area contributed by atoms with E-state index in [1.165, 1.54) is 0 Å². The van der Waals surface area contributed by atoms with Crippen molar-refractivity contribution >= 4 is 28.7 Å². The third-order valence-corrected chi connectivity index (χ3v) is 2.87. The van der Waals surface area contributed by atoms with E-state index in [4.69, 9.17) is 23.2 Å². The van der Waals surface area contributed by atoms with Crippen molar-refractivity contribution in [1.82, 2.24) is 24.4 Å². The molecule has 0 aliphatic heterocycles. The van der Waals surface area contributed by atoms with Gasteiger partial charge in [-0.2, -0.15) is 5.10 Å². The molecule has 0 N–H and O–H groups in total. The number of hydrogen-bond donors (Lipinski definition) is 0. The van der Waals surface area contributed by atoms with E-state index in [9.17, 15) is 0 Å². The normalized spacial score (nSPS) is 11.2. The van der Waals surface area contributed by atoms with Crippen molar-refractivity contribution < 1.29 is 0 Å². The Morgan fingerprint density at radius 1 is 1.18 bits per heavy atom. The van der Waals surface area contributed by atoms with Gasteiger partial charge >= 0.3 is 0 Å². The molecular weight excluding hydrogens is 261 g/mol. The molecule has 0 saturated carbocycles. The molecular formula is C10H7Cl2N5. The lowest BCUT2D eigenvalue weighted by Gasteiger charge is -1.94. The molecule has 5 nitrogen and oxygen atoms in total. The van der Waals surface area contributed by atoms with Crippen LogP contribution < -0.4 is 0 Å². The Balaban J connectivity index is 2.23. The minimum Gasteiger partial charge on any atom is -0.275 e. The zero-order chi connectivity index (χ0) is 12.0. The number of nitrogens with zero attached hydrogens (tertiary/aromatic N) is 5. The van der Waals surface area contributed by atoms with Gasteiger partial charge in [-0.05, 0) is 17.7 Å². The fourth-order valence-corrected chi connectivity index (χ4v) is 2.10. The summed E-state index contributed by atoms with van der Waals surface area (Å²) in [6.45, 7) is 0. The molecule has 0 aromatic carbocycles. The van der Waals surface area contributed by atoms with Crippen molar-refractivity contribution in [3.05, 3.63) is 35.1 Å². The summed E-state index contributed by atoms with van der Waals surface area (Å²) in [5.74, 6) is 0. The number of halogens is 2. The lowest BCUT2D eigenvalue weighted by molar-refractivity contribution is 0.768. The molecule has 0 spiro atoms. The van der Waals surface area contributed by atoms with Gasteiger partial charge in [0.2, 0.25) is 5.28 Å². The van der Waals surface area contributed by atoms with Crippen LogP contribution in [0.1, 0.15) is 0 Å². The summed E-state index contributed by atoms with van der Waals surface area (Å²) >= 11 is 11.7. The van der Waals surface area contributed by atoms with Crippen LogP contribution in [0.3, 0.4) is 0 Å². The minimum absolute atomic E-state index is 0.121. The van der Waals surface area contributed by atoms with Crippen molar-refractivity contribution in [3.63, 3.8) is 0 Å². The fraction of sp³-hybridized carbons (Fsp3) is 0.100. The van der Waals surface area contributed by atoms with Gasteiger partial charge in [0.25, 0.3) is 0 Å². The van der Waals surface area contributed by atoms with Gasteiger partial charge in [-0.3, -0.25) is 4.68 Å². The summed E-state index contributed by atoms with van der Waals surface area (Å²) in [5, 5.41) is 8.62. The molecule has 7 heteroatoms. The maximum absolute atomic E-state index is 5.99. The van der Waals surface area contributed by atoms with Crippen molar-refractivity contribution in [2.75, 3.05) is 0 Å². The Hall–Kier alpha value is -1.59. The standard InChI is InChI=1S/C10H7Cl2N5/c1-16-4-7(3-13-16)6-2-8-9(11)14-10(12)15-17(8)5-6/h2-5H,1H3. The lowest BCUT2D eigenvalue weighted by atomic mass is 10.2. The Bertz CT molecular complexity index is 700. The highest BCUT2D eigenvalue weighted by Crippen LogP contribution is 2.25. The molecule has 86 valence electrons. The molecule has 0 fully saturated rings. The number of rotatable bonds is 1. The smallest absolute Gasteiger partial charge is 0.242 e. The van der Waals surface area contributed by atoms with Gasteiger partial charge in [0.1, 0.15) is 5.52 Å². The minimum atomic E-state index is 0.121. The Morgan fingerprint density at radius 3 is 2.71 bits per heavy atom. The predicted molar refractivity (Wildman–Crippen MR) is 65.2 cm³/mol. The molecule has 3 aromatic rings. The van der Waals surface area contributed by atoms with E-state index < -0.39 is 0 Å². The Labute approximate surface area is 107 Å². The average molecular weight is 268 g/mol. The van der Waals surface area contributed by atoms with Gasteiger partial charge in [0, 0.05) is 30.6 Å². The van der Waals surface area contributed by atoms with Crippen LogP contribution >= 0.6 is 23.2 Å².